The lowest BCUT2D eigenvalue weighted by Crippen LogP contribution is -2.46. The van der Waals surface area contributed by atoms with Gasteiger partial charge in [-0.25, -0.2) is 0 Å². The van der Waals surface area contributed by atoms with Crippen LogP contribution in [0.2, 0.25) is 0 Å². The zero-order valence-electron chi connectivity index (χ0n) is 21.8. The van der Waals surface area contributed by atoms with Gasteiger partial charge in [-0.15, -0.1) is 0 Å². The number of halogens is 3. The molecule has 3 atom stereocenters. The van der Waals surface area contributed by atoms with Gasteiger partial charge in [-0.2, -0.15) is 13.2 Å². The van der Waals surface area contributed by atoms with Crippen LogP contribution in [0.1, 0.15) is 95.2 Å². The molecule has 1 N–H and O–H groups in total. The number of alkyl halides is 3. The number of ether oxygens (including phenoxy) is 1. The fraction of sp³-hybridized carbons (Fsp3) is 0.633. The van der Waals surface area contributed by atoms with E-state index in [1.807, 2.05) is 12.1 Å². The molecule has 2 aliphatic heterocycles. The molecule has 2 aromatic carbocycles. The number of carbonyl (C=O) groups is 1. The highest BCUT2D eigenvalue weighted by Crippen LogP contribution is 2.47. The molecule has 7 heteroatoms. The van der Waals surface area contributed by atoms with Gasteiger partial charge in [0.2, 0.25) is 0 Å². The molecular formula is C30H38F3NO3. The molecule has 2 saturated heterocycles. The number of aliphatic carboxylic acids is 1. The summed E-state index contributed by atoms with van der Waals surface area (Å²) >= 11 is 0. The molecule has 0 aromatic heterocycles. The van der Waals surface area contributed by atoms with Crippen LogP contribution in [0, 0.1) is 11.8 Å². The van der Waals surface area contributed by atoms with Crippen LogP contribution < -0.4 is 4.74 Å². The minimum atomic E-state index is -4.51. The average Bonchev–Trinajstić information content (AvgIpc) is 3.11. The van der Waals surface area contributed by atoms with Gasteiger partial charge in [0.15, 0.2) is 0 Å². The summed E-state index contributed by atoms with van der Waals surface area (Å²) in [7, 11) is 0. The summed E-state index contributed by atoms with van der Waals surface area (Å²) in [5.74, 6) is -0.429. The molecule has 1 aliphatic carbocycles. The van der Waals surface area contributed by atoms with E-state index in [1.165, 1.54) is 6.07 Å². The minimum Gasteiger partial charge on any atom is -0.490 e. The van der Waals surface area contributed by atoms with E-state index in [4.69, 9.17) is 4.74 Å². The van der Waals surface area contributed by atoms with Gasteiger partial charge in [0.25, 0.3) is 0 Å². The highest BCUT2D eigenvalue weighted by Gasteiger charge is 2.46. The lowest BCUT2D eigenvalue weighted by atomic mass is 9.86. The van der Waals surface area contributed by atoms with Crippen molar-refractivity contribution < 1.29 is 27.8 Å². The molecule has 3 unspecified atom stereocenters. The van der Waals surface area contributed by atoms with E-state index in [9.17, 15) is 23.1 Å². The number of hydrogen-bond donors (Lipinski definition) is 1. The van der Waals surface area contributed by atoms with Crippen molar-refractivity contribution in [2.24, 2.45) is 11.8 Å². The lowest BCUT2D eigenvalue weighted by Gasteiger charge is -2.42. The third-order valence-electron chi connectivity index (χ3n) is 9.22. The molecule has 3 fully saturated rings. The summed E-state index contributed by atoms with van der Waals surface area (Å²) in [6.45, 7) is 4.26. The zero-order valence-corrected chi connectivity index (χ0v) is 21.8. The van der Waals surface area contributed by atoms with Crippen LogP contribution in [0.25, 0.3) is 10.8 Å². The number of carboxylic acid groups (broad SMARTS) is 1. The third kappa shape index (κ3) is 5.21. The molecule has 0 amide bonds. The molecule has 0 radical (unpaired) electrons. The zero-order chi connectivity index (χ0) is 26.3. The Labute approximate surface area is 217 Å². The molecule has 3 aliphatic rings. The first-order valence-electron chi connectivity index (χ1n) is 14.0. The van der Waals surface area contributed by atoms with Crippen LogP contribution in [0.3, 0.4) is 0 Å². The van der Waals surface area contributed by atoms with E-state index in [-0.39, 0.29) is 41.3 Å². The van der Waals surface area contributed by atoms with Crippen molar-refractivity contribution in [1.82, 2.24) is 4.90 Å². The smallest absolute Gasteiger partial charge is 0.420 e. The van der Waals surface area contributed by atoms with E-state index < -0.39 is 17.7 Å². The topological polar surface area (TPSA) is 49.8 Å². The first-order valence-corrected chi connectivity index (χ1v) is 14.0. The number of benzene rings is 2. The van der Waals surface area contributed by atoms with Crippen LogP contribution in [-0.2, 0) is 11.0 Å². The number of nitrogens with zero attached hydrogens (tertiary/aromatic N) is 1. The number of piperidine rings is 1. The first-order chi connectivity index (χ1) is 17.7. The van der Waals surface area contributed by atoms with Crippen molar-refractivity contribution >= 4 is 16.7 Å². The Bertz CT molecular complexity index is 1110. The monoisotopic (exact) mass is 517 g/mol. The Morgan fingerprint density at radius 3 is 2.27 bits per heavy atom. The summed E-state index contributed by atoms with van der Waals surface area (Å²) in [6.07, 6.45) is 4.11. The molecule has 4 nitrogen and oxygen atoms in total. The maximum absolute atomic E-state index is 14.3. The van der Waals surface area contributed by atoms with Crippen molar-refractivity contribution in [3.05, 3.63) is 41.5 Å². The molecule has 1 saturated carbocycles. The van der Waals surface area contributed by atoms with Crippen LogP contribution in [0.4, 0.5) is 13.2 Å². The number of rotatable bonds is 7. The summed E-state index contributed by atoms with van der Waals surface area (Å²) in [5, 5.41) is 10.3. The van der Waals surface area contributed by atoms with Gasteiger partial charge in [-0.05, 0) is 92.2 Å². The van der Waals surface area contributed by atoms with E-state index >= 15 is 0 Å². The number of carboxylic acids is 1. The highest BCUT2D eigenvalue weighted by atomic mass is 19.4. The molecule has 0 spiro atoms. The Balaban J connectivity index is 1.43. The summed E-state index contributed by atoms with van der Waals surface area (Å²) < 4.78 is 49.0. The maximum Gasteiger partial charge on any atom is 0.420 e. The fourth-order valence-electron chi connectivity index (χ4n) is 7.31. The second kappa shape index (κ2) is 10.5. The van der Waals surface area contributed by atoms with Crippen LogP contribution in [0.15, 0.2) is 30.3 Å². The molecular weight excluding hydrogens is 479 g/mol. The predicted molar refractivity (Wildman–Crippen MR) is 138 cm³/mol. The van der Waals surface area contributed by atoms with Crippen molar-refractivity contribution in [3.8, 4) is 5.75 Å². The second-order valence-electron chi connectivity index (χ2n) is 11.3. The molecule has 2 bridgehead atoms. The SMILES string of the molecule is CCC(c1ccc2c(C(F)(F)F)c(O[C@H]3CC[C@@H](CC)CC3)ccc2c1)N1C2CCC1CC(C(=O)O)C2. The van der Waals surface area contributed by atoms with Gasteiger partial charge in [0.05, 0.1) is 12.0 Å². The molecule has 202 valence electrons. The van der Waals surface area contributed by atoms with Crippen molar-refractivity contribution in [3.63, 3.8) is 0 Å². The number of hydrogen-bond acceptors (Lipinski definition) is 3. The Kier molecular flexibility index (Phi) is 7.45. The fourth-order valence-corrected chi connectivity index (χ4v) is 7.31. The van der Waals surface area contributed by atoms with E-state index in [0.717, 1.165) is 56.9 Å². The minimum absolute atomic E-state index is 0.0615. The quantitative estimate of drug-likeness (QED) is 0.404. The standard InChI is InChI=1S/C30H38F3NO3/c1-3-18-5-11-24(12-6-18)37-27-14-8-19-15-20(7-13-25(19)28(27)30(31,32)33)26(4-2)34-22-9-10-23(34)17-21(16-22)29(35)36/h7-8,13-15,18,21-24,26H,3-6,9-12,16-17H2,1-2H3,(H,35,36)/t18-,21?,22?,23?,24+,26?. The van der Waals surface area contributed by atoms with Crippen LogP contribution >= 0.6 is 0 Å². The highest BCUT2D eigenvalue weighted by molar-refractivity contribution is 5.89. The third-order valence-corrected chi connectivity index (χ3v) is 9.22. The maximum atomic E-state index is 14.3. The lowest BCUT2D eigenvalue weighted by molar-refractivity contribution is -0.145. The van der Waals surface area contributed by atoms with Crippen LogP contribution in [-0.4, -0.2) is 34.2 Å². The summed E-state index contributed by atoms with van der Waals surface area (Å²) in [5.41, 5.74) is 0.324. The van der Waals surface area contributed by atoms with Crippen molar-refractivity contribution in [1.29, 1.82) is 0 Å². The van der Waals surface area contributed by atoms with E-state index in [2.05, 4.69) is 18.7 Å². The van der Waals surface area contributed by atoms with Gasteiger partial charge in [0.1, 0.15) is 11.3 Å². The van der Waals surface area contributed by atoms with Gasteiger partial charge in [0, 0.05) is 18.1 Å². The van der Waals surface area contributed by atoms with Crippen LogP contribution in [0.5, 0.6) is 5.75 Å². The Morgan fingerprint density at radius 2 is 1.70 bits per heavy atom. The molecule has 2 aromatic rings. The predicted octanol–water partition coefficient (Wildman–Crippen LogP) is 7.98. The largest absolute Gasteiger partial charge is 0.490 e. The second-order valence-corrected chi connectivity index (χ2v) is 11.3. The van der Waals surface area contributed by atoms with Gasteiger partial charge < -0.3 is 9.84 Å². The van der Waals surface area contributed by atoms with Crippen molar-refractivity contribution in [2.45, 2.75) is 108 Å². The Morgan fingerprint density at radius 1 is 1.03 bits per heavy atom. The average molecular weight is 518 g/mol. The normalized spacial score (nSPS) is 29.4. The Hall–Kier alpha value is -2.28. The van der Waals surface area contributed by atoms with Crippen molar-refractivity contribution in [2.75, 3.05) is 0 Å². The summed E-state index contributed by atoms with van der Waals surface area (Å²) in [6, 6.07) is 9.11. The van der Waals surface area contributed by atoms with E-state index in [1.54, 1.807) is 12.1 Å². The molecule has 37 heavy (non-hydrogen) atoms. The number of fused-ring (bicyclic) bond motifs is 3. The van der Waals surface area contributed by atoms with E-state index in [0.29, 0.717) is 24.1 Å². The summed E-state index contributed by atoms with van der Waals surface area (Å²) in [4.78, 5) is 14.1. The molecule has 2 heterocycles. The molecule has 5 rings (SSSR count). The van der Waals surface area contributed by atoms with Gasteiger partial charge >= 0.3 is 12.1 Å². The first kappa shape index (κ1) is 26.3. The van der Waals surface area contributed by atoms with Gasteiger partial charge in [-0.1, -0.05) is 38.5 Å². The van der Waals surface area contributed by atoms with Gasteiger partial charge in [-0.3, -0.25) is 9.69 Å².